The van der Waals surface area contributed by atoms with Crippen LogP contribution in [0.1, 0.15) is 59.3 Å². The van der Waals surface area contributed by atoms with E-state index in [0.717, 1.165) is 38.3 Å². The van der Waals surface area contributed by atoms with E-state index >= 15 is 0 Å². The smallest absolute Gasteiger partial charge is 0.0466 e. The molecule has 120 valence electrons. The van der Waals surface area contributed by atoms with Crippen LogP contribution in [0.15, 0.2) is 0 Å². The summed E-state index contributed by atoms with van der Waals surface area (Å²) in [5, 5.41) is 3.59. The summed E-state index contributed by atoms with van der Waals surface area (Å²) in [6, 6.07) is 0.858. The highest BCUT2D eigenvalue weighted by molar-refractivity contribution is 4.78. The van der Waals surface area contributed by atoms with E-state index < -0.39 is 0 Å². The van der Waals surface area contributed by atoms with Crippen molar-refractivity contribution < 1.29 is 4.74 Å². The first-order valence-corrected chi connectivity index (χ1v) is 8.76. The zero-order valence-electron chi connectivity index (χ0n) is 14.0. The fourth-order valence-electron chi connectivity index (χ4n) is 3.11. The Labute approximate surface area is 126 Å². The predicted molar refractivity (Wildman–Crippen MR) is 87.3 cm³/mol. The quantitative estimate of drug-likeness (QED) is 0.557. The Bertz CT molecular complexity index is 215. The van der Waals surface area contributed by atoms with Crippen molar-refractivity contribution in [3.8, 4) is 0 Å². The van der Waals surface area contributed by atoms with Gasteiger partial charge in [0.25, 0.3) is 0 Å². The minimum Gasteiger partial charge on any atom is -0.382 e. The molecule has 0 saturated heterocycles. The number of ether oxygens (including phenoxy) is 1. The maximum Gasteiger partial charge on any atom is 0.0466 e. The molecule has 0 spiro atoms. The molecule has 3 nitrogen and oxygen atoms in total. The van der Waals surface area contributed by atoms with Crippen molar-refractivity contribution in [1.82, 2.24) is 10.2 Å². The number of hydrogen-bond donors (Lipinski definition) is 1. The third-order valence-corrected chi connectivity index (χ3v) is 4.11. The molecule has 3 heteroatoms. The molecule has 0 unspecified atom stereocenters. The molecular formula is C17H36N2O. The molecule has 20 heavy (non-hydrogen) atoms. The van der Waals surface area contributed by atoms with Gasteiger partial charge in [0.2, 0.25) is 0 Å². The Kier molecular flexibility index (Phi) is 10.3. The van der Waals surface area contributed by atoms with Gasteiger partial charge in [0, 0.05) is 38.9 Å². The summed E-state index contributed by atoms with van der Waals surface area (Å²) in [7, 11) is 0. The second kappa shape index (κ2) is 11.5. The molecule has 0 aromatic rings. The van der Waals surface area contributed by atoms with Gasteiger partial charge in [-0.2, -0.15) is 0 Å². The van der Waals surface area contributed by atoms with Gasteiger partial charge in [0.1, 0.15) is 0 Å². The van der Waals surface area contributed by atoms with Crippen LogP contribution >= 0.6 is 0 Å². The SMILES string of the molecule is CCOCCCCNCCN(CC(C)C)C1CCCC1. The minimum absolute atomic E-state index is 0.779. The summed E-state index contributed by atoms with van der Waals surface area (Å²) >= 11 is 0. The average molecular weight is 284 g/mol. The number of hydrogen-bond acceptors (Lipinski definition) is 3. The van der Waals surface area contributed by atoms with Gasteiger partial charge < -0.3 is 10.1 Å². The molecule has 1 rings (SSSR count). The molecule has 0 aromatic heterocycles. The van der Waals surface area contributed by atoms with Gasteiger partial charge in [0.15, 0.2) is 0 Å². The summed E-state index contributed by atoms with van der Waals surface area (Å²) in [4.78, 5) is 2.73. The maximum absolute atomic E-state index is 5.35. The highest BCUT2D eigenvalue weighted by Crippen LogP contribution is 2.23. The lowest BCUT2D eigenvalue weighted by Crippen LogP contribution is -2.40. The zero-order valence-corrected chi connectivity index (χ0v) is 14.0. The summed E-state index contributed by atoms with van der Waals surface area (Å²) in [6.45, 7) is 13.2. The van der Waals surface area contributed by atoms with Gasteiger partial charge in [-0.25, -0.2) is 0 Å². The molecule has 1 saturated carbocycles. The average Bonchev–Trinajstić information content (AvgIpc) is 2.94. The minimum atomic E-state index is 0.779. The van der Waals surface area contributed by atoms with Crippen LogP contribution in [0.2, 0.25) is 0 Å². The summed E-state index contributed by atoms with van der Waals surface area (Å²) < 4.78 is 5.35. The van der Waals surface area contributed by atoms with Gasteiger partial charge in [-0.05, 0) is 45.1 Å². The first-order valence-electron chi connectivity index (χ1n) is 8.76. The Balaban J connectivity index is 2.06. The van der Waals surface area contributed by atoms with E-state index in [1.54, 1.807) is 0 Å². The van der Waals surface area contributed by atoms with Crippen LogP contribution in [-0.2, 0) is 4.74 Å². The van der Waals surface area contributed by atoms with Crippen LogP contribution in [-0.4, -0.2) is 50.3 Å². The van der Waals surface area contributed by atoms with Crippen molar-refractivity contribution in [3.05, 3.63) is 0 Å². The molecule has 0 heterocycles. The van der Waals surface area contributed by atoms with Crippen LogP contribution in [0.25, 0.3) is 0 Å². The van der Waals surface area contributed by atoms with Crippen molar-refractivity contribution in [1.29, 1.82) is 0 Å². The van der Waals surface area contributed by atoms with Crippen LogP contribution in [0.3, 0.4) is 0 Å². The first kappa shape index (κ1) is 17.9. The Morgan fingerprint density at radius 2 is 1.90 bits per heavy atom. The summed E-state index contributed by atoms with van der Waals surface area (Å²) in [5.41, 5.74) is 0. The van der Waals surface area contributed by atoms with Crippen LogP contribution in [0.4, 0.5) is 0 Å². The van der Waals surface area contributed by atoms with Crippen LogP contribution < -0.4 is 5.32 Å². The monoisotopic (exact) mass is 284 g/mol. The van der Waals surface area contributed by atoms with Crippen molar-refractivity contribution in [2.24, 2.45) is 5.92 Å². The standard InChI is InChI=1S/C17H36N2O/c1-4-20-14-8-7-11-18-12-13-19(15-16(2)3)17-9-5-6-10-17/h16-18H,4-15H2,1-3H3. The number of nitrogens with one attached hydrogen (secondary N) is 1. The molecule has 0 amide bonds. The van der Waals surface area contributed by atoms with Crippen molar-refractivity contribution in [2.45, 2.75) is 65.3 Å². The van der Waals surface area contributed by atoms with E-state index in [1.165, 1.54) is 51.6 Å². The van der Waals surface area contributed by atoms with Crippen LogP contribution in [0, 0.1) is 5.92 Å². The second-order valence-corrected chi connectivity index (χ2v) is 6.48. The molecule has 0 radical (unpaired) electrons. The topological polar surface area (TPSA) is 24.5 Å². The number of unbranched alkanes of at least 4 members (excludes halogenated alkanes) is 1. The lowest BCUT2D eigenvalue weighted by molar-refractivity contribution is 0.143. The fraction of sp³-hybridized carbons (Fsp3) is 1.00. The summed E-state index contributed by atoms with van der Waals surface area (Å²) in [6.07, 6.45) is 8.11. The molecule has 1 fully saturated rings. The van der Waals surface area contributed by atoms with E-state index in [4.69, 9.17) is 4.74 Å². The zero-order chi connectivity index (χ0) is 14.6. The molecular weight excluding hydrogens is 248 g/mol. The van der Waals surface area contributed by atoms with Gasteiger partial charge in [-0.3, -0.25) is 4.90 Å². The lowest BCUT2D eigenvalue weighted by Gasteiger charge is -2.30. The Morgan fingerprint density at radius 3 is 2.55 bits per heavy atom. The maximum atomic E-state index is 5.35. The molecule has 1 aliphatic carbocycles. The van der Waals surface area contributed by atoms with E-state index in [-0.39, 0.29) is 0 Å². The normalized spacial score (nSPS) is 16.6. The third kappa shape index (κ3) is 8.23. The molecule has 1 aliphatic rings. The van der Waals surface area contributed by atoms with E-state index in [2.05, 4.69) is 31.0 Å². The molecule has 0 atom stereocenters. The van der Waals surface area contributed by atoms with Gasteiger partial charge in [-0.15, -0.1) is 0 Å². The van der Waals surface area contributed by atoms with Crippen molar-refractivity contribution >= 4 is 0 Å². The lowest BCUT2D eigenvalue weighted by atomic mass is 10.1. The second-order valence-electron chi connectivity index (χ2n) is 6.48. The Hall–Kier alpha value is -0.120. The highest BCUT2D eigenvalue weighted by Gasteiger charge is 2.22. The molecule has 0 aliphatic heterocycles. The first-order chi connectivity index (χ1) is 9.74. The van der Waals surface area contributed by atoms with Crippen molar-refractivity contribution in [3.63, 3.8) is 0 Å². The van der Waals surface area contributed by atoms with E-state index in [9.17, 15) is 0 Å². The van der Waals surface area contributed by atoms with Gasteiger partial charge in [-0.1, -0.05) is 26.7 Å². The Morgan fingerprint density at radius 1 is 1.15 bits per heavy atom. The van der Waals surface area contributed by atoms with Crippen LogP contribution in [0.5, 0.6) is 0 Å². The third-order valence-electron chi connectivity index (χ3n) is 4.11. The molecule has 0 bridgehead atoms. The molecule has 1 N–H and O–H groups in total. The predicted octanol–water partition coefficient (Wildman–Crippen LogP) is 3.29. The fourth-order valence-corrected chi connectivity index (χ4v) is 3.11. The number of rotatable bonds is 12. The largest absolute Gasteiger partial charge is 0.382 e. The van der Waals surface area contributed by atoms with E-state index in [0.29, 0.717) is 0 Å². The molecule has 0 aromatic carbocycles. The number of nitrogens with zero attached hydrogens (tertiary/aromatic N) is 1. The van der Waals surface area contributed by atoms with Gasteiger partial charge in [0.05, 0.1) is 0 Å². The summed E-state index contributed by atoms with van der Waals surface area (Å²) in [5.74, 6) is 0.779. The van der Waals surface area contributed by atoms with E-state index in [1.807, 2.05) is 0 Å². The van der Waals surface area contributed by atoms with Gasteiger partial charge >= 0.3 is 0 Å². The van der Waals surface area contributed by atoms with Crippen molar-refractivity contribution in [2.75, 3.05) is 39.4 Å². The highest BCUT2D eigenvalue weighted by atomic mass is 16.5.